The predicted octanol–water partition coefficient (Wildman–Crippen LogP) is 2.67. The second-order valence-corrected chi connectivity index (χ2v) is 6.55. The van der Waals surface area contributed by atoms with E-state index in [0.717, 1.165) is 4.47 Å². The number of nitrogens with zero attached hydrogens (tertiary/aromatic N) is 1. The minimum Gasteiger partial charge on any atom is -0.399 e. The molecule has 0 aromatic heterocycles. The van der Waals surface area contributed by atoms with Gasteiger partial charge in [-0.2, -0.15) is 0 Å². The third kappa shape index (κ3) is 3.54. The molecule has 2 aromatic rings. The Kier molecular flexibility index (Phi) is 4.84. The summed E-state index contributed by atoms with van der Waals surface area (Å²) in [7, 11) is -2.46. The summed E-state index contributed by atoms with van der Waals surface area (Å²) in [5.74, 6) is 0. The van der Waals surface area contributed by atoms with Crippen LogP contribution >= 0.6 is 11.6 Å². The van der Waals surface area contributed by atoms with E-state index >= 15 is 0 Å². The Hall–Kier alpha value is -1.60. The highest BCUT2D eigenvalue weighted by Gasteiger charge is 2.25. The van der Waals surface area contributed by atoms with Gasteiger partial charge >= 0.3 is 0 Å². The number of sulfonamides is 1. The molecule has 0 saturated heterocycles. The zero-order valence-corrected chi connectivity index (χ0v) is 12.9. The molecule has 5 nitrogen and oxygen atoms in total. The average Bonchev–Trinajstić information content (AvgIpc) is 2.47. The summed E-state index contributed by atoms with van der Waals surface area (Å²) < 4.78 is 25.8. The molecule has 0 fully saturated rings. The van der Waals surface area contributed by atoms with Crippen molar-refractivity contribution in [3.8, 4) is 0 Å². The van der Waals surface area contributed by atoms with Gasteiger partial charge in [0.05, 0.1) is 18.6 Å². The van der Waals surface area contributed by atoms with E-state index in [4.69, 9.17) is 22.2 Å². The summed E-state index contributed by atoms with van der Waals surface area (Å²) in [5, 5.41) is 0.389. The molecule has 2 N–H and O–H groups in total. The monoisotopic (exact) mass is 326 g/mol. The number of hydrogen-bond acceptors (Lipinski definition) is 4. The van der Waals surface area contributed by atoms with E-state index < -0.39 is 10.0 Å². The van der Waals surface area contributed by atoms with Crippen molar-refractivity contribution in [2.75, 3.05) is 12.8 Å². The summed E-state index contributed by atoms with van der Waals surface area (Å²) in [6.45, 7) is -0.00710. The quantitative estimate of drug-likeness (QED) is 0.677. The third-order valence-corrected chi connectivity index (χ3v) is 4.92. The molecular weight excluding hydrogens is 312 g/mol. The summed E-state index contributed by atoms with van der Waals surface area (Å²) in [6.07, 6.45) is 0. The van der Waals surface area contributed by atoms with Crippen LogP contribution in [0.3, 0.4) is 0 Å². The maximum absolute atomic E-state index is 12.5. The first-order valence-electron chi connectivity index (χ1n) is 6.11. The Morgan fingerprint density at radius 1 is 1.19 bits per heavy atom. The molecule has 112 valence electrons. The van der Waals surface area contributed by atoms with E-state index in [9.17, 15) is 8.42 Å². The lowest BCUT2D eigenvalue weighted by atomic mass is 10.2. The molecule has 0 unspecified atom stereocenters. The molecule has 0 radical (unpaired) electrons. The van der Waals surface area contributed by atoms with Gasteiger partial charge in [0.1, 0.15) is 0 Å². The highest BCUT2D eigenvalue weighted by atomic mass is 35.5. The Morgan fingerprint density at radius 2 is 1.86 bits per heavy atom. The van der Waals surface area contributed by atoms with Gasteiger partial charge < -0.3 is 5.73 Å². The van der Waals surface area contributed by atoms with Gasteiger partial charge in [-0.25, -0.2) is 8.42 Å². The zero-order valence-electron chi connectivity index (χ0n) is 11.4. The Bertz CT molecular complexity index is 720. The maximum atomic E-state index is 12.5. The van der Waals surface area contributed by atoms with Crippen molar-refractivity contribution in [1.82, 2.24) is 4.47 Å². The molecule has 0 aliphatic heterocycles. The zero-order chi connectivity index (χ0) is 15.5. The lowest BCUT2D eigenvalue weighted by Gasteiger charge is -2.20. The molecule has 0 saturated carbocycles. The van der Waals surface area contributed by atoms with Gasteiger partial charge in [0.15, 0.2) is 0 Å². The smallest absolute Gasteiger partial charge is 0.265 e. The van der Waals surface area contributed by atoms with Crippen molar-refractivity contribution in [2.45, 2.75) is 11.4 Å². The summed E-state index contributed by atoms with van der Waals surface area (Å²) in [4.78, 5) is 5.17. The minimum absolute atomic E-state index is 0.00710. The van der Waals surface area contributed by atoms with Crippen LogP contribution in [0.4, 0.5) is 5.69 Å². The number of anilines is 1. The number of nitrogens with two attached hydrogens (primary N) is 1. The number of benzene rings is 2. The van der Waals surface area contributed by atoms with Crippen LogP contribution in [0.2, 0.25) is 5.02 Å². The van der Waals surface area contributed by atoms with Crippen LogP contribution in [0.25, 0.3) is 0 Å². The molecule has 0 amide bonds. The Balaban J connectivity index is 2.32. The second-order valence-electron chi connectivity index (χ2n) is 4.31. The van der Waals surface area contributed by atoms with Crippen LogP contribution in [-0.4, -0.2) is 20.0 Å². The van der Waals surface area contributed by atoms with Crippen LogP contribution < -0.4 is 5.73 Å². The molecule has 7 heteroatoms. The second kappa shape index (κ2) is 6.44. The molecule has 21 heavy (non-hydrogen) atoms. The summed E-state index contributed by atoms with van der Waals surface area (Å²) >= 11 is 6.07. The van der Waals surface area contributed by atoms with Crippen LogP contribution in [0.1, 0.15) is 5.56 Å². The van der Waals surface area contributed by atoms with Gasteiger partial charge in [-0.15, -0.1) is 0 Å². The van der Waals surface area contributed by atoms with Gasteiger partial charge in [-0.3, -0.25) is 4.84 Å². The average molecular weight is 327 g/mol. The van der Waals surface area contributed by atoms with E-state index in [1.807, 2.05) is 0 Å². The van der Waals surface area contributed by atoms with Crippen LogP contribution in [0.5, 0.6) is 0 Å². The fourth-order valence-corrected chi connectivity index (χ4v) is 3.28. The molecule has 0 bridgehead atoms. The summed E-state index contributed by atoms with van der Waals surface area (Å²) in [6, 6.07) is 13.0. The molecule has 0 atom stereocenters. The topological polar surface area (TPSA) is 72.6 Å². The standard InChI is InChI=1S/C14H15ClN2O3S/c1-20-17(10-11-7-8-12(16)9-14(11)15)21(18,19)13-5-3-2-4-6-13/h2-9H,10,16H2,1H3. The third-order valence-electron chi connectivity index (χ3n) is 2.89. The molecule has 0 aliphatic rings. The van der Waals surface area contributed by atoms with Gasteiger partial charge in [-0.1, -0.05) is 40.3 Å². The van der Waals surface area contributed by atoms with Crippen molar-refractivity contribution in [3.05, 3.63) is 59.1 Å². The molecule has 2 aromatic carbocycles. The van der Waals surface area contributed by atoms with E-state index in [-0.39, 0.29) is 11.4 Å². The maximum Gasteiger partial charge on any atom is 0.265 e. The van der Waals surface area contributed by atoms with Crippen molar-refractivity contribution in [3.63, 3.8) is 0 Å². The molecule has 0 heterocycles. The number of nitrogen functional groups attached to an aromatic ring is 1. The number of hydrogen-bond donors (Lipinski definition) is 1. The highest BCUT2D eigenvalue weighted by Crippen LogP contribution is 2.24. The molecule has 2 rings (SSSR count). The molecule has 0 spiro atoms. The Labute approximate surface area is 128 Å². The Morgan fingerprint density at radius 3 is 2.43 bits per heavy atom. The van der Waals surface area contributed by atoms with Crippen molar-refractivity contribution >= 4 is 27.3 Å². The van der Waals surface area contributed by atoms with Crippen molar-refractivity contribution < 1.29 is 13.3 Å². The van der Waals surface area contributed by atoms with Crippen LogP contribution in [-0.2, 0) is 21.4 Å². The summed E-state index contributed by atoms with van der Waals surface area (Å²) in [5.41, 5.74) is 6.74. The fraction of sp³-hybridized carbons (Fsp3) is 0.143. The van der Waals surface area contributed by atoms with E-state index in [0.29, 0.717) is 16.3 Å². The van der Waals surface area contributed by atoms with E-state index in [2.05, 4.69) is 0 Å². The number of halogens is 1. The molecular formula is C14H15ClN2O3S. The molecule has 0 aliphatic carbocycles. The van der Waals surface area contributed by atoms with Crippen LogP contribution in [0, 0.1) is 0 Å². The van der Waals surface area contributed by atoms with Crippen LogP contribution in [0.15, 0.2) is 53.4 Å². The first-order chi connectivity index (χ1) is 9.95. The van der Waals surface area contributed by atoms with Gasteiger partial charge in [0.25, 0.3) is 10.0 Å². The van der Waals surface area contributed by atoms with E-state index in [1.165, 1.54) is 19.2 Å². The number of rotatable bonds is 5. The van der Waals surface area contributed by atoms with Crippen molar-refractivity contribution in [2.24, 2.45) is 0 Å². The van der Waals surface area contributed by atoms with Gasteiger partial charge in [0, 0.05) is 10.7 Å². The first-order valence-corrected chi connectivity index (χ1v) is 7.93. The van der Waals surface area contributed by atoms with Gasteiger partial charge in [0.2, 0.25) is 0 Å². The van der Waals surface area contributed by atoms with Gasteiger partial charge in [-0.05, 0) is 29.8 Å². The SMILES string of the molecule is CON(Cc1ccc(N)cc1Cl)S(=O)(=O)c1ccccc1. The van der Waals surface area contributed by atoms with Crippen molar-refractivity contribution in [1.29, 1.82) is 0 Å². The first kappa shape index (κ1) is 15.8. The normalized spacial score (nSPS) is 11.8. The van der Waals surface area contributed by atoms with E-state index in [1.54, 1.807) is 36.4 Å². The highest BCUT2D eigenvalue weighted by molar-refractivity contribution is 7.89. The fourth-order valence-electron chi connectivity index (χ4n) is 1.79. The lowest BCUT2D eigenvalue weighted by molar-refractivity contribution is -0.0556. The predicted molar refractivity (Wildman–Crippen MR) is 82.0 cm³/mol. The largest absolute Gasteiger partial charge is 0.399 e. The number of hydroxylamine groups is 1. The minimum atomic E-state index is -3.75. The lowest BCUT2D eigenvalue weighted by Crippen LogP contribution is -2.29.